The Kier molecular flexibility index (Phi) is 2.88. The first-order valence-corrected chi connectivity index (χ1v) is 5.57. The van der Waals surface area contributed by atoms with E-state index >= 15 is 0 Å². The Hall–Kier alpha value is -1.84. The number of aromatic nitrogens is 2. The Morgan fingerprint density at radius 1 is 1.35 bits per heavy atom. The van der Waals surface area contributed by atoms with Gasteiger partial charge in [-0.25, -0.2) is 4.98 Å². The Balaban J connectivity index is 2.35. The lowest BCUT2D eigenvalue weighted by Crippen LogP contribution is -2.04. The molecule has 4 nitrogen and oxygen atoms in total. The Morgan fingerprint density at radius 3 is 2.53 bits per heavy atom. The van der Waals surface area contributed by atoms with E-state index in [1.54, 1.807) is 0 Å². The number of rotatable bonds is 3. The Morgan fingerprint density at radius 2 is 2.06 bits per heavy atom. The van der Waals surface area contributed by atoms with E-state index in [0.29, 0.717) is 12.4 Å². The van der Waals surface area contributed by atoms with Crippen molar-refractivity contribution in [1.82, 2.24) is 9.55 Å². The molecule has 0 radical (unpaired) electrons. The predicted molar refractivity (Wildman–Crippen MR) is 64.4 cm³/mol. The second-order valence-electron chi connectivity index (χ2n) is 4.28. The number of aryl methyl sites for hydroxylation is 3. The Bertz CT molecular complexity index is 545. The molecular formula is C13H16N2O2. The molecule has 0 fully saturated rings. The fourth-order valence-corrected chi connectivity index (χ4v) is 1.93. The van der Waals surface area contributed by atoms with Crippen LogP contribution < -0.4 is 0 Å². The molecule has 0 aliphatic rings. The highest BCUT2D eigenvalue weighted by molar-refractivity contribution is 5.77. The van der Waals surface area contributed by atoms with E-state index in [1.165, 1.54) is 0 Å². The lowest BCUT2D eigenvalue weighted by molar-refractivity contribution is 0.112. The van der Waals surface area contributed by atoms with Crippen molar-refractivity contribution in [3.8, 4) is 0 Å². The van der Waals surface area contributed by atoms with E-state index in [9.17, 15) is 4.79 Å². The summed E-state index contributed by atoms with van der Waals surface area (Å²) in [6.07, 6.45) is 0.880. The molecular weight excluding hydrogens is 216 g/mol. The number of aldehydes is 1. The molecule has 0 aliphatic heterocycles. The minimum Gasteiger partial charge on any atom is -0.444 e. The summed E-state index contributed by atoms with van der Waals surface area (Å²) in [5.74, 6) is 1.53. The number of carbonyl (C=O) groups excluding carboxylic acids is 1. The standard InChI is InChI=1S/C13H16N2O2/c1-8-5-12(7-16)10(3)15(8)6-13-14-9(2)11(4)17-13/h5,7H,6H2,1-4H3. The third kappa shape index (κ3) is 2.02. The van der Waals surface area contributed by atoms with Gasteiger partial charge in [0.15, 0.2) is 6.29 Å². The molecule has 0 N–H and O–H groups in total. The van der Waals surface area contributed by atoms with Gasteiger partial charge in [-0.05, 0) is 33.8 Å². The summed E-state index contributed by atoms with van der Waals surface area (Å²) in [6.45, 7) is 8.30. The average Bonchev–Trinajstić information content (AvgIpc) is 2.73. The highest BCUT2D eigenvalue weighted by atomic mass is 16.4. The van der Waals surface area contributed by atoms with Gasteiger partial charge in [0.25, 0.3) is 0 Å². The number of nitrogens with zero attached hydrogens (tertiary/aromatic N) is 2. The molecule has 17 heavy (non-hydrogen) atoms. The first-order chi connectivity index (χ1) is 8.02. The topological polar surface area (TPSA) is 48.0 Å². The van der Waals surface area contributed by atoms with Crippen LogP contribution in [0.3, 0.4) is 0 Å². The van der Waals surface area contributed by atoms with Crippen LogP contribution in [0.5, 0.6) is 0 Å². The van der Waals surface area contributed by atoms with Gasteiger partial charge in [0.1, 0.15) is 5.76 Å². The third-order valence-electron chi connectivity index (χ3n) is 3.11. The minimum atomic E-state index is 0.570. The van der Waals surface area contributed by atoms with E-state index in [4.69, 9.17) is 4.42 Å². The quantitative estimate of drug-likeness (QED) is 0.764. The lowest BCUT2D eigenvalue weighted by Gasteiger charge is -2.05. The fraction of sp³-hybridized carbons (Fsp3) is 0.385. The van der Waals surface area contributed by atoms with Crippen molar-refractivity contribution >= 4 is 6.29 Å². The molecule has 0 saturated carbocycles. The van der Waals surface area contributed by atoms with Crippen LogP contribution in [0.1, 0.15) is 39.1 Å². The molecule has 0 spiro atoms. The van der Waals surface area contributed by atoms with Gasteiger partial charge in [-0.15, -0.1) is 0 Å². The zero-order valence-corrected chi connectivity index (χ0v) is 10.6. The van der Waals surface area contributed by atoms with Crippen LogP contribution in [0.2, 0.25) is 0 Å². The molecule has 2 heterocycles. The van der Waals surface area contributed by atoms with Crippen LogP contribution in [-0.2, 0) is 6.54 Å². The molecule has 2 aromatic rings. The van der Waals surface area contributed by atoms with Gasteiger partial charge in [0.05, 0.1) is 12.2 Å². The number of hydrogen-bond acceptors (Lipinski definition) is 3. The largest absolute Gasteiger partial charge is 0.444 e. The maximum absolute atomic E-state index is 10.9. The molecule has 0 amide bonds. The van der Waals surface area contributed by atoms with Crippen molar-refractivity contribution in [2.45, 2.75) is 34.2 Å². The van der Waals surface area contributed by atoms with Gasteiger partial charge in [0.2, 0.25) is 5.89 Å². The molecule has 90 valence electrons. The summed E-state index contributed by atoms with van der Waals surface area (Å²) < 4.78 is 7.59. The maximum atomic E-state index is 10.9. The van der Waals surface area contributed by atoms with Crippen molar-refractivity contribution < 1.29 is 9.21 Å². The SMILES string of the molecule is Cc1nc(Cn2c(C)cc(C=O)c2C)oc1C. The van der Waals surface area contributed by atoms with Gasteiger partial charge in [-0.3, -0.25) is 4.79 Å². The zero-order valence-electron chi connectivity index (χ0n) is 10.6. The summed E-state index contributed by atoms with van der Waals surface area (Å²) in [4.78, 5) is 15.2. The molecule has 0 bridgehead atoms. The Labute approximate surface area is 100 Å². The summed E-state index contributed by atoms with van der Waals surface area (Å²) in [5.41, 5.74) is 3.63. The third-order valence-corrected chi connectivity index (χ3v) is 3.11. The molecule has 4 heteroatoms. The van der Waals surface area contributed by atoms with Crippen molar-refractivity contribution in [3.63, 3.8) is 0 Å². The minimum absolute atomic E-state index is 0.570. The molecule has 2 aromatic heterocycles. The van der Waals surface area contributed by atoms with Crippen molar-refractivity contribution in [2.24, 2.45) is 0 Å². The van der Waals surface area contributed by atoms with Crippen LogP contribution in [0.25, 0.3) is 0 Å². The van der Waals surface area contributed by atoms with Crippen molar-refractivity contribution in [1.29, 1.82) is 0 Å². The van der Waals surface area contributed by atoms with E-state index in [0.717, 1.165) is 34.7 Å². The molecule has 0 saturated heterocycles. The van der Waals surface area contributed by atoms with Crippen LogP contribution in [-0.4, -0.2) is 15.8 Å². The molecule has 0 unspecified atom stereocenters. The molecule has 2 rings (SSSR count). The van der Waals surface area contributed by atoms with Gasteiger partial charge >= 0.3 is 0 Å². The first-order valence-electron chi connectivity index (χ1n) is 5.57. The van der Waals surface area contributed by atoms with Crippen LogP contribution in [0, 0.1) is 27.7 Å². The van der Waals surface area contributed by atoms with Crippen molar-refractivity contribution in [2.75, 3.05) is 0 Å². The van der Waals surface area contributed by atoms with Gasteiger partial charge < -0.3 is 8.98 Å². The number of carbonyl (C=O) groups is 1. The van der Waals surface area contributed by atoms with Gasteiger partial charge in [-0.2, -0.15) is 0 Å². The normalized spacial score (nSPS) is 10.8. The second kappa shape index (κ2) is 4.20. The maximum Gasteiger partial charge on any atom is 0.214 e. The van der Waals surface area contributed by atoms with E-state index in [-0.39, 0.29) is 0 Å². The van der Waals surface area contributed by atoms with Crippen LogP contribution in [0.4, 0.5) is 0 Å². The van der Waals surface area contributed by atoms with Gasteiger partial charge in [-0.1, -0.05) is 0 Å². The van der Waals surface area contributed by atoms with Crippen LogP contribution in [0.15, 0.2) is 10.5 Å². The van der Waals surface area contributed by atoms with Crippen LogP contribution >= 0.6 is 0 Å². The highest BCUT2D eigenvalue weighted by Gasteiger charge is 2.12. The molecule has 0 aromatic carbocycles. The summed E-state index contributed by atoms with van der Waals surface area (Å²) in [7, 11) is 0. The highest BCUT2D eigenvalue weighted by Crippen LogP contribution is 2.16. The number of hydrogen-bond donors (Lipinski definition) is 0. The lowest BCUT2D eigenvalue weighted by atomic mass is 10.3. The summed E-state index contributed by atoms with van der Waals surface area (Å²) in [6, 6.07) is 1.88. The van der Waals surface area contributed by atoms with E-state index < -0.39 is 0 Å². The van der Waals surface area contributed by atoms with E-state index in [2.05, 4.69) is 4.98 Å². The second-order valence-corrected chi connectivity index (χ2v) is 4.28. The molecule has 0 aliphatic carbocycles. The average molecular weight is 232 g/mol. The zero-order chi connectivity index (χ0) is 12.6. The summed E-state index contributed by atoms with van der Waals surface area (Å²) in [5, 5.41) is 0. The smallest absolute Gasteiger partial charge is 0.214 e. The monoisotopic (exact) mass is 232 g/mol. The van der Waals surface area contributed by atoms with E-state index in [1.807, 2.05) is 38.3 Å². The first kappa shape index (κ1) is 11.6. The number of oxazole rings is 1. The van der Waals surface area contributed by atoms with Crippen molar-refractivity contribution in [3.05, 3.63) is 40.4 Å². The fourth-order valence-electron chi connectivity index (χ4n) is 1.93. The van der Waals surface area contributed by atoms with Gasteiger partial charge in [0, 0.05) is 17.0 Å². The predicted octanol–water partition coefficient (Wildman–Crippen LogP) is 2.57. The summed E-state index contributed by atoms with van der Waals surface area (Å²) >= 11 is 0. The molecule has 0 atom stereocenters.